The van der Waals surface area contributed by atoms with Crippen LogP contribution in [0.4, 0.5) is 0 Å². The number of rotatable bonds is 3. The van der Waals surface area contributed by atoms with Crippen molar-refractivity contribution in [2.45, 2.75) is 6.54 Å². The van der Waals surface area contributed by atoms with E-state index < -0.39 is 0 Å². The smallest absolute Gasteiger partial charge is 0.251 e. The van der Waals surface area contributed by atoms with Crippen LogP contribution >= 0.6 is 0 Å². The van der Waals surface area contributed by atoms with E-state index in [-0.39, 0.29) is 5.91 Å². The highest BCUT2D eigenvalue weighted by Crippen LogP contribution is 2.01. The Morgan fingerprint density at radius 3 is 2.62 bits per heavy atom. The van der Waals surface area contributed by atoms with Crippen molar-refractivity contribution >= 4 is 19.2 Å². The van der Waals surface area contributed by atoms with E-state index in [1.165, 1.54) is 0 Å². The molecule has 1 amide bonds. The molecule has 0 fully saturated rings. The third-order valence-electron chi connectivity index (χ3n) is 2.32. The molecule has 2 rings (SSSR count). The van der Waals surface area contributed by atoms with Crippen LogP contribution < -0.4 is 10.8 Å². The molecular formula is C12H12BNO2. The van der Waals surface area contributed by atoms with Crippen LogP contribution in [-0.4, -0.2) is 13.8 Å². The fourth-order valence-electron chi connectivity index (χ4n) is 1.39. The molecule has 0 radical (unpaired) electrons. The van der Waals surface area contributed by atoms with Crippen molar-refractivity contribution in [2.75, 3.05) is 0 Å². The molecule has 0 spiro atoms. The van der Waals surface area contributed by atoms with Gasteiger partial charge in [0.1, 0.15) is 13.6 Å². The first-order valence-electron chi connectivity index (χ1n) is 5.13. The van der Waals surface area contributed by atoms with Crippen LogP contribution in [-0.2, 0) is 6.54 Å². The van der Waals surface area contributed by atoms with E-state index in [0.717, 1.165) is 11.2 Å². The molecule has 0 bridgehead atoms. The van der Waals surface area contributed by atoms with Crippen molar-refractivity contribution in [1.82, 2.24) is 5.32 Å². The van der Waals surface area contributed by atoms with E-state index in [2.05, 4.69) is 5.32 Å². The molecule has 1 aromatic heterocycles. The van der Waals surface area contributed by atoms with Crippen molar-refractivity contribution in [2.24, 2.45) is 0 Å². The summed E-state index contributed by atoms with van der Waals surface area (Å²) in [5, 5.41) is 2.79. The molecule has 0 aliphatic rings. The second kappa shape index (κ2) is 4.70. The minimum Gasteiger partial charge on any atom is -0.467 e. The second-order valence-electron chi connectivity index (χ2n) is 3.63. The molecule has 1 heterocycles. The number of benzene rings is 1. The predicted octanol–water partition coefficient (Wildman–Crippen LogP) is 0.468. The molecule has 0 aliphatic carbocycles. The molecule has 0 atom stereocenters. The maximum absolute atomic E-state index is 11.7. The van der Waals surface area contributed by atoms with E-state index in [1.807, 2.05) is 38.2 Å². The summed E-state index contributed by atoms with van der Waals surface area (Å²) in [6.07, 6.45) is 1.59. The molecule has 3 nitrogen and oxygen atoms in total. The molecular weight excluding hydrogens is 201 g/mol. The van der Waals surface area contributed by atoms with Crippen molar-refractivity contribution in [3.8, 4) is 0 Å². The summed E-state index contributed by atoms with van der Waals surface area (Å²) in [6.45, 7) is 0.416. The summed E-state index contributed by atoms with van der Waals surface area (Å²) in [4.78, 5) is 11.7. The van der Waals surface area contributed by atoms with Gasteiger partial charge in [-0.05, 0) is 12.1 Å². The van der Waals surface area contributed by atoms with Gasteiger partial charge in [0.15, 0.2) is 0 Å². The summed E-state index contributed by atoms with van der Waals surface area (Å²) < 4.78 is 5.12. The number of hydrogen-bond acceptors (Lipinski definition) is 2. The molecule has 80 valence electrons. The van der Waals surface area contributed by atoms with E-state index in [9.17, 15) is 4.79 Å². The highest BCUT2D eigenvalue weighted by atomic mass is 16.3. The minimum absolute atomic E-state index is 0.0867. The zero-order valence-electron chi connectivity index (χ0n) is 9.07. The second-order valence-corrected chi connectivity index (χ2v) is 3.63. The number of carbonyl (C=O) groups excluding carboxylic acids is 1. The number of amides is 1. The standard InChI is InChI=1S/C12H12BNO2/c13-10-5-3-9(4-6-10)12(15)14-8-11-2-1-7-16-11/h1-7H,8,13H2,(H,14,15). The molecule has 0 saturated carbocycles. The van der Waals surface area contributed by atoms with E-state index in [4.69, 9.17) is 4.42 Å². The molecule has 0 saturated heterocycles. The average Bonchev–Trinajstić information content (AvgIpc) is 2.80. The van der Waals surface area contributed by atoms with Crippen LogP contribution in [0.2, 0.25) is 0 Å². The third-order valence-corrected chi connectivity index (χ3v) is 2.32. The summed E-state index contributed by atoms with van der Waals surface area (Å²) in [6, 6.07) is 11.1. The van der Waals surface area contributed by atoms with E-state index >= 15 is 0 Å². The van der Waals surface area contributed by atoms with E-state index in [1.54, 1.807) is 12.3 Å². The average molecular weight is 213 g/mol. The first-order valence-corrected chi connectivity index (χ1v) is 5.13. The number of furan rings is 1. The van der Waals surface area contributed by atoms with Crippen LogP contribution in [0, 0.1) is 0 Å². The van der Waals surface area contributed by atoms with Crippen molar-refractivity contribution in [3.63, 3.8) is 0 Å². The summed E-state index contributed by atoms with van der Waals surface area (Å²) in [7, 11) is 1.99. The Hall–Kier alpha value is -1.97. The lowest BCUT2D eigenvalue weighted by molar-refractivity contribution is 0.0948. The molecule has 0 aliphatic heterocycles. The highest BCUT2D eigenvalue weighted by molar-refractivity contribution is 6.32. The van der Waals surface area contributed by atoms with Gasteiger partial charge in [-0.25, -0.2) is 0 Å². The number of hydrogen-bond donors (Lipinski definition) is 1. The maximum Gasteiger partial charge on any atom is 0.251 e. The summed E-state index contributed by atoms with van der Waals surface area (Å²) in [5.74, 6) is 0.664. The van der Waals surface area contributed by atoms with Crippen LogP contribution in [0.15, 0.2) is 47.1 Å². The SMILES string of the molecule is Bc1ccc(C(=O)NCc2ccco2)cc1. The first kappa shape index (κ1) is 10.5. The van der Waals surface area contributed by atoms with Gasteiger partial charge < -0.3 is 9.73 Å². The molecule has 2 aromatic rings. The third kappa shape index (κ3) is 2.54. The Labute approximate surface area is 94.9 Å². The Bertz CT molecular complexity index is 462. The van der Waals surface area contributed by atoms with Crippen LogP contribution in [0.25, 0.3) is 0 Å². The minimum atomic E-state index is -0.0867. The number of carbonyl (C=O) groups is 1. The zero-order chi connectivity index (χ0) is 11.4. The van der Waals surface area contributed by atoms with Gasteiger partial charge in [-0.2, -0.15) is 0 Å². The molecule has 0 unspecified atom stereocenters. The first-order chi connectivity index (χ1) is 7.75. The van der Waals surface area contributed by atoms with Gasteiger partial charge in [0.2, 0.25) is 0 Å². The van der Waals surface area contributed by atoms with Gasteiger partial charge >= 0.3 is 0 Å². The monoisotopic (exact) mass is 213 g/mol. The fraction of sp³-hybridized carbons (Fsp3) is 0.0833. The fourth-order valence-corrected chi connectivity index (χ4v) is 1.39. The molecule has 1 aromatic carbocycles. The highest BCUT2D eigenvalue weighted by Gasteiger charge is 2.04. The maximum atomic E-state index is 11.7. The Balaban J connectivity index is 1.95. The molecule has 4 heteroatoms. The van der Waals surface area contributed by atoms with Gasteiger partial charge in [0, 0.05) is 5.56 Å². The quantitative estimate of drug-likeness (QED) is 0.753. The van der Waals surface area contributed by atoms with Crippen LogP contribution in [0.1, 0.15) is 16.1 Å². The Morgan fingerprint density at radius 1 is 1.25 bits per heavy atom. The van der Waals surface area contributed by atoms with Crippen molar-refractivity contribution in [3.05, 3.63) is 54.0 Å². The summed E-state index contributed by atoms with van der Waals surface area (Å²) in [5.41, 5.74) is 1.81. The molecule has 16 heavy (non-hydrogen) atoms. The van der Waals surface area contributed by atoms with Gasteiger partial charge in [0.25, 0.3) is 5.91 Å². The zero-order valence-corrected chi connectivity index (χ0v) is 9.07. The van der Waals surface area contributed by atoms with Crippen molar-refractivity contribution < 1.29 is 9.21 Å². The van der Waals surface area contributed by atoms with Gasteiger partial charge in [-0.1, -0.05) is 29.7 Å². The largest absolute Gasteiger partial charge is 0.467 e. The number of nitrogens with one attached hydrogen (secondary N) is 1. The topological polar surface area (TPSA) is 42.2 Å². The van der Waals surface area contributed by atoms with Crippen LogP contribution in [0.3, 0.4) is 0 Å². The lowest BCUT2D eigenvalue weighted by Gasteiger charge is -2.03. The Morgan fingerprint density at radius 2 is 2.00 bits per heavy atom. The van der Waals surface area contributed by atoms with Crippen LogP contribution in [0.5, 0.6) is 0 Å². The lowest BCUT2D eigenvalue weighted by atomic mass is 9.95. The lowest BCUT2D eigenvalue weighted by Crippen LogP contribution is -2.22. The summed E-state index contributed by atoms with van der Waals surface area (Å²) >= 11 is 0. The molecule has 1 N–H and O–H groups in total. The van der Waals surface area contributed by atoms with Gasteiger partial charge in [-0.15, -0.1) is 0 Å². The van der Waals surface area contributed by atoms with Crippen molar-refractivity contribution in [1.29, 1.82) is 0 Å². The van der Waals surface area contributed by atoms with Gasteiger partial charge in [-0.3, -0.25) is 4.79 Å². The normalized spacial score (nSPS) is 10.0. The predicted molar refractivity (Wildman–Crippen MR) is 64.5 cm³/mol. The van der Waals surface area contributed by atoms with Gasteiger partial charge in [0.05, 0.1) is 12.8 Å². The van der Waals surface area contributed by atoms with E-state index in [0.29, 0.717) is 12.1 Å². The Kier molecular flexibility index (Phi) is 3.10.